The van der Waals surface area contributed by atoms with E-state index in [1.807, 2.05) is 35.0 Å². The van der Waals surface area contributed by atoms with E-state index in [0.29, 0.717) is 10.7 Å². The summed E-state index contributed by atoms with van der Waals surface area (Å²) in [5, 5.41) is 4.25. The normalized spacial score (nSPS) is 10.5. The molecule has 0 saturated heterocycles. The molecule has 24 heavy (non-hydrogen) atoms. The van der Waals surface area contributed by atoms with Crippen LogP contribution >= 0.6 is 23.4 Å². The molecule has 1 amide bonds. The number of benzene rings is 2. The highest BCUT2D eigenvalue weighted by Gasteiger charge is 2.08. The molecule has 3 rings (SSSR count). The van der Waals surface area contributed by atoms with Crippen molar-refractivity contribution in [2.75, 3.05) is 11.1 Å². The van der Waals surface area contributed by atoms with Crippen molar-refractivity contribution < 1.29 is 4.79 Å². The Kier molecular flexibility index (Phi) is 5.56. The Bertz CT molecular complexity index is 820. The maximum atomic E-state index is 12.1. The van der Waals surface area contributed by atoms with Gasteiger partial charge in [-0.1, -0.05) is 59.8 Å². The lowest BCUT2D eigenvalue weighted by Crippen LogP contribution is -2.14. The molecule has 0 saturated carbocycles. The van der Waals surface area contributed by atoms with Crippen LogP contribution in [0.15, 0.2) is 72.1 Å². The monoisotopic (exact) mass is 357 g/mol. The molecule has 0 radical (unpaired) electrons. The van der Waals surface area contributed by atoms with Gasteiger partial charge in [0.05, 0.1) is 5.75 Å². The summed E-state index contributed by atoms with van der Waals surface area (Å²) in [7, 11) is 0. The van der Waals surface area contributed by atoms with Crippen molar-refractivity contribution in [1.29, 1.82) is 0 Å². The molecule has 1 aromatic heterocycles. The molecular weight excluding hydrogens is 342 g/mol. The molecule has 0 bridgehead atoms. The van der Waals surface area contributed by atoms with Gasteiger partial charge >= 0.3 is 0 Å². The zero-order valence-electron chi connectivity index (χ0n) is 12.9. The first kappa shape index (κ1) is 16.6. The van der Waals surface area contributed by atoms with Gasteiger partial charge in [0.25, 0.3) is 0 Å². The molecular formula is C18H16ClN3OS. The Morgan fingerprint density at radius 3 is 2.79 bits per heavy atom. The SMILES string of the molecule is O=C(CSc1nccn1Cc1ccccc1)Nc1cccc(Cl)c1. The number of anilines is 1. The summed E-state index contributed by atoms with van der Waals surface area (Å²) in [5.41, 5.74) is 1.89. The summed E-state index contributed by atoms with van der Waals surface area (Å²) >= 11 is 7.33. The topological polar surface area (TPSA) is 46.9 Å². The summed E-state index contributed by atoms with van der Waals surface area (Å²) in [6.45, 7) is 0.735. The van der Waals surface area contributed by atoms with Gasteiger partial charge in [-0.05, 0) is 23.8 Å². The fourth-order valence-electron chi connectivity index (χ4n) is 2.23. The summed E-state index contributed by atoms with van der Waals surface area (Å²) < 4.78 is 2.03. The van der Waals surface area contributed by atoms with Crippen LogP contribution in [0.1, 0.15) is 5.56 Å². The minimum absolute atomic E-state index is 0.0865. The quantitative estimate of drug-likeness (QED) is 0.668. The predicted octanol–water partition coefficient (Wildman–Crippen LogP) is 4.32. The number of imidazole rings is 1. The average molecular weight is 358 g/mol. The molecule has 0 atom stereocenters. The predicted molar refractivity (Wildman–Crippen MR) is 98.6 cm³/mol. The van der Waals surface area contributed by atoms with E-state index in [0.717, 1.165) is 11.7 Å². The molecule has 1 heterocycles. The Morgan fingerprint density at radius 2 is 2.00 bits per heavy atom. The Hall–Kier alpha value is -2.24. The van der Waals surface area contributed by atoms with E-state index < -0.39 is 0 Å². The Balaban J connectivity index is 1.57. The fraction of sp³-hybridized carbons (Fsp3) is 0.111. The van der Waals surface area contributed by atoms with E-state index >= 15 is 0 Å². The van der Waals surface area contributed by atoms with E-state index in [1.165, 1.54) is 17.3 Å². The summed E-state index contributed by atoms with van der Waals surface area (Å²) in [6.07, 6.45) is 3.67. The number of aromatic nitrogens is 2. The zero-order valence-corrected chi connectivity index (χ0v) is 14.4. The molecule has 0 spiro atoms. The molecule has 6 heteroatoms. The van der Waals surface area contributed by atoms with Gasteiger partial charge in [0.15, 0.2) is 5.16 Å². The van der Waals surface area contributed by atoms with Crippen LogP contribution < -0.4 is 5.32 Å². The lowest BCUT2D eigenvalue weighted by molar-refractivity contribution is -0.113. The van der Waals surface area contributed by atoms with Gasteiger partial charge in [0.2, 0.25) is 5.91 Å². The van der Waals surface area contributed by atoms with Gasteiger partial charge in [-0.15, -0.1) is 0 Å². The largest absolute Gasteiger partial charge is 0.325 e. The highest BCUT2D eigenvalue weighted by molar-refractivity contribution is 7.99. The highest BCUT2D eigenvalue weighted by atomic mass is 35.5. The Morgan fingerprint density at radius 1 is 1.17 bits per heavy atom. The molecule has 4 nitrogen and oxygen atoms in total. The molecule has 122 valence electrons. The fourth-order valence-corrected chi connectivity index (χ4v) is 3.18. The number of thioether (sulfide) groups is 1. The van der Waals surface area contributed by atoms with E-state index in [-0.39, 0.29) is 11.7 Å². The number of carbonyl (C=O) groups excluding carboxylic acids is 1. The number of halogens is 1. The lowest BCUT2D eigenvalue weighted by Gasteiger charge is -2.08. The van der Waals surface area contributed by atoms with Gasteiger partial charge < -0.3 is 9.88 Å². The van der Waals surface area contributed by atoms with E-state index in [1.54, 1.807) is 24.4 Å². The second-order valence-electron chi connectivity index (χ2n) is 5.17. The third-order valence-corrected chi connectivity index (χ3v) is 4.55. The van der Waals surface area contributed by atoms with Crippen molar-refractivity contribution in [2.24, 2.45) is 0 Å². The first-order valence-electron chi connectivity index (χ1n) is 7.44. The second kappa shape index (κ2) is 8.04. The number of nitrogens with one attached hydrogen (secondary N) is 1. The summed E-state index contributed by atoms with van der Waals surface area (Å²) in [4.78, 5) is 16.4. The van der Waals surface area contributed by atoms with E-state index in [9.17, 15) is 4.79 Å². The van der Waals surface area contributed by atoms with Gasteiger partial charge in [0, 0.05) is 29.6 Å². The Labute approximate surface area is 149 Å². The van der Waals surface area contributed by atoms with Crippen molar-refractivity contribution in [1.82, 2.24) is 9.55 Å². The third-order valence-electron chi connectivity index (χ3n) is 3.31. The summed E-state index contributed by atoms with van der Waals surface area (Å²) in [6, 6.07) is 17.3. The highest BCUT2D eigenvalue weighted by Crippen LogP contribution is 2.19. The molecule has 1 N–H and O–H groups in total. The number of nitrogens with zero attached hydrogens (tertiary/aromatic N) is 2. The second-order valence-corrected chi connectivity index (χ2v) is 6.55. The number of amides is 1. The van der Waals surface area contributed by atoms with Crippen LogP contribution in [-0.2, 0) is 11.3 Å². The molecule has 0 aliphatic heterocycles. The smallest absolute Gasteiger partial charge is 0.234 e. The van der Waals surface area contributed by atoms with Gasteiger partial charge in [-0.25, -0.2) is 4.98 Å². The van der Waals surface area contributed by atoms with Crippen molar-refractivity contribution in [2.45, 2.75) is 11.7 Å². The molecule has 0 aliphatic carbocycles. The van der Waals surface area contributed by atoms with Crippen LogP contribution in [0.4, 0.5) is 5.69 Å². The van der Waals surface area contributed by atoms with Crippen LogP contribution in [0.5, 0.6) is 0 Å². The van der Waals surface area contributed by atoms with Crippen molar-refractivity contribution in [3.63, 3.8) is 0 Å². The maximum Gasteiger partial charge on any atom is 0.234 e. The van der Waals surface area contributed by atoms with E-state index in [2.05, 4.69) is 22.4 Å². The molecule has 0 unspecified atom stereocenters. The van der Waals surface area contributed by atoms with Gasteiger partial charge in [0.1, 0.15) is 0 Å². The van der Waals surface area contributed by atoms with Crippen molar-refractivity contribution in [3.05, 3.63) is 77.6 Å². The number of hydrogen-bond donors (Lipinski definition) is 1. The zero-order chi connectivity index (χ0) is 16.8. The summed E-state index contributed by atoms with van der Waals surface area (Å²) in [5.74, 6) is 0.203. The maximum absolute atomic E-state index is 12.1. The third kappa shape index (κ3) is 4.63. The first-order valence-corrected chi connectivity index (χ1v) is 8.80. The average Bonchev–Trinajstić information content (AvgIpc) is 3.01. The van der Waals surface area contributed by atoms with Gasteiger partial charge in [-0.2, -0.15) is 0 Å². The lowest BCUT2D eigenvalue weighted by atomic mass is 10.2. The molecule has 3 aromatic rings. The molecule has 0 fully saturated rings. The number of hydrogen-bond acceptors (Lipinski definition) is 3. The molecule has 2 aromatic carbocycles. The van der Waals surface area contributed by atoms with Crippen LogP contribution in [0.25, 0.3) is 0 Å². The van der Waals surface area contributed by atoms with Crippen LogP contribution in [0.2, 0.25) is 5.02 Å². The van der Waals surface area contributed by atoms with E-state index in [4.69, 9.17) is 11.6 Å². The standard InChI is InChI=1S/C18H16ClN3OS/c19-15-7-4-8-16(11-15)21-17(23)13-24-18-20-9-10-22(18)12-14-5-2-1-3-6-14/h1-11H,12-13H2,(H,21,23). The van der Waals surface area contributed by atoms with Crippen molar-refractivity contribution in [3.8, 4) is 0 Å². The number of rotatable bonds is 6. The van der Waals surface area contributed by atoms with Crippen LogP contribution in [-0.4, -0.2) is 21.2 Å². The minimum Gasteiger partial charge on any atom is -0.325 e. The van der Waals surface area contributed by atoms with Crippen molar-refractivity contribution >= 4 is 35.0 Å². The van der Waals surface area contributed by atoms with Crippen LogP contribution in [0.3, 0.4) is 0 Å². The van der Waals surface area contributed by atoms with Gasteiger partial charge in [-0.3, -0.25) is 4.79 Å². The minimum atomic E-state index is -0.0865. The molecule has 0 aliphatic rings. The number of carbonyl (C=O) groups is 1. The van der Waals surface area contributed by atoms with Crippen LogP contribution in [0, 0.1) is 0 Å². The first-order chi connectivity index (χ1) is 11.7.